The van der Waals surface area contributed by atoms with Gasteiger partial charge in [-0.1, -0.05) is 57.9 Å². The summed E-state index contributed by atoms with van der Waals surface area (Å²) in [5.74, 6) is 0.462. The van der Waals surface area contributed by atoms with Gasteiger partial charge in [0.1, 0.15) is 0 Å². The zero-order valence-corrected chi connectivity index (χ0v) is 14.1. The van der Waals surface area contributed by atoms with E-state index in [0.717, 1.165) is 13.1 Å². The summed E-state index contributed by atoms with van der Waals surface area (Å²) in [5.41, 5.74) is 9.15. The maximum atomic E-state index is 5.74. The Morgan fingerprint density at radius 2 is 1.67 bits per heavy atom. The van der Waals surface area contributed by atoms with Crippen molar-refractivity contribution in [2.75, 3.05) is 19.6 Å². The summed E-state index contributed by atoms with van der Waals surface area (Å²) in [6.07, 6.45) is 5.40. The minimum absolute atomic E-state index is 0.462. The first-order valence-corrected chi connectivity index (χ1v) is 8.63. The molecular formula is C19H32N2. The Balaban J connectivity index is 1.89. The molecule has 0 aromatic heterocycles. The molecule has 118 valence electrons. The molecule has 1 saturated heterocycles. The first-order valence-electron chi connectivity index (χ1n) is 8.63. The van der Waals surface area contributed by atoms with Crippen molar-refractivity contribution in [1.29, 1.82) is 0 Å². The van der Waals surface area contributed by atoms with E-state index < -0.39 is 0 Å². The topological polar surface area (TPSA) is 29.3 Å². The second-order valence-electron chi connectivity index (χ2n) is 6.86. The van der Waals surface area contributed by atoms with Crippen LogP contribution < -0.4 is 5.73 Å². The highest BCUT2D eigenvalue weighted by molar-refractivity contribution is 5.25. The van der Waals surface area contributed by atoms with Crippen molar-refractivity contribution in [2.24, 2.45) is 11.1 Å². The molecule has 2 heteroatoms. The molecule has 2 N–H and O–H groups in total. The van der Waals surface area contributed by atoms with Gasteiger partial charge >= 0.3 is 0 Å². The predicted octanol–water partition coefficient (Wildman–Crippen LogP) is 4.15. The van der Waals surface area contributed by atoms with Crippen molar-refractivity contribution in [3.63, 3.8) is 0 Å². The molecule has 0 amide bonds. The maximum absolute atomic E-state index is 5.74. The van der Waals surface area contributed by atoms with E-state index in [0.29, 0.717) is 11.3 Å². The minimum atomic E-state index is 0.462. The van der Waals surface area contributed by atoms with Gasteiger partial charge in [0.05, 0.1) is 0 Å². The summed E-state index contributed by atoms with van der Waals surface area (Å²) in [6, 6.07) is 9.06. The molecule has 1 aliphatic rings. The molecule has 1 aliphatic heterocycles. The van der Waals surface area contributed by atoms with Gasteiger partial charge < -0.3 is 5.73 Å². The van der Waals surface area contributed by atoms with Gasteiger partial charge in [0.15, 0.2) is 0 Å². The molecular weight excluding hydrogens is 256 g/mol. The lowest BCUT2D eigenvalue weighted by Gasteiger charge is -2.41. The lowest BCUT2D eigenvalue weighted by atomic mass is 9.74. The number of nitrogens with two attached hydrogens (primary N) is 1. The van der Waals surface area contributed by atoms with Gasteiger partial charge in [-0.3, -0.25) is 4.90 Å². The summed E-state index contributed by atoms with van der Waals surface area (Å²) < 4.78 is 0. The number of hydrogen-bond acceptors (Lipinski definition) is 2. The van der Waals surface area contributed by atoms with Crippen molar-refractivity contribution in [2.45, 2.75) is 58.9 Å². The second kappa shape index (κ2) is 7.42. The molecule has 1 unspecified atom stereocenters. The third kappa shape index (κ3) is 4.08. The Bertz CT molecular complexity index is 410. The van der Waals surface area contributed by atoms with E-state index in [2.05, 4.69) is 49.9 Å². The Morgan fingerprint density at radius 3 is 2.14 bits per heavy atom. The quantitative estimate of drug-likeness (QED) is 0.852. The van der Waals surface area contributed by atoms with E-state index in [1.54, 1.807) is 0 Å². The van der Waals surface area contributed by atoms with Crippen molar-refractivity contribution >= 4 is 0 Å². The van der Waals surface area contributed by atoms with E-state index >= 15 is 0 Å². The van der Waals surface area contributed by atoms with Crippen LogP contribution in [0, 0.1) is 5.41 Å². The van der Waals surface area contributed by atoms with Crippen LogP contribution in [0.3, 0.4) is 0 Å². The Hall–Kier alpha value is -0.860. The Labute approximate surface area is 130 Å². The van der Waals surface area contributed by atoms with E-state index in [-0.39, 0.29) is 0 Å². The number of hydrogen-bond donors (Lipinski definition) is 1. The molecule has 0 spiro atoms. The predicted molar refractivity (Wildman–Crippen MR) is 91.4 cm³/mol. The number of rotatable bonds is 6. The molecule has 2 nitrogen and oxygen atoms in total. The third-order valence-corrected chi connectivity index (χ3v) is 5.73. The largest absolute Gasteiger partial charge is 0.330 e. The fraction of sp³-hybridized carbons (Fsp3) is 0.684. The molecule has 0 bridgehead atoms. The SMILES string of the molecule is CCC1(CC)CCN(Cc2ccc(C(C)CN)cc2)CC1. The van der Waals surface area contributed by atoms with Gasteiger partial charge in [-0.2, -0.15) is 0 Å². The van der Waals surface area contributed by atoms with Crippen molar-refractivity contribution in [1.82, 2.24) is 4.90 Å². The highest BCUT2D eigenvalue weighted by Crippen LogP contribution is 2.38. The van der Waals surface area contributed by atoms with Gasteiger partial charge in [0, 0.05) is 6.54 Å². The fourth-order valence-electron chi connectivity index (χ4n) is 3.49. The summed E-state index contributed by atoms with van der Waals surface area (Å²) in [5, 5.41) is 0. The second-order valence-corrected chi connectivity index (χ2v) is 6.86. The van der Waals surface area contributed by atoms with Crippen molar-refractivity contribution < 1.29 is 0 Å². The van der Waals surface area contributed by atoms with Crippen LogP contribution >= 0.6 is 0 Å². The van der Waals surface area contributed by atoms with Crippen LogP contribution in [0.2, 0.25) is 0 Å². The molecule has 2 rings (SSSR count). The molecule has 21 heavy (non-hydrogen) atoms. The molecule has 1 heterocycles. The monoisotopic (exact) mass is 288 g/mol. The average Bonchev–Trinajstić information content (AvgIpc) is 2.56. The average molecular weight is 288 g/mol. The highest BCUT2D eigenvalue weighted by Gasteiger charge is 2.30. The first-order chi connectivity index (χ1) is 10.1. The zero-order valence-electron chi connectivity index (χ0n) is 14.1. The smallest absolute Gasteiger partial charge is 0.0233 e. The zero-order chi connectivity index (χ0) is 15.3. The fourth-order valence-corrected chi connectivity index (χ4v) is 3.49. The summed E-state index contributed by atoms with van der Waals surface area (Å²) in [6.45, 7) is 11.2. The van der Waals surface area contributed by atoms with E-state index in [1.807, 2.05) is 0 Å². The van der Waals surface area contributed by atoms with Gasteiger partial charge in [0.2, 0.25) is 0 Å². The van der Waals surface area contributed by atoms with Crippen LogP contribution in [0.4, 0.5) is 0 Å². The van der Waals surface area contributed by atoms with Crippen LogP contribution in [0.25, 0.3) is 0 Å². The minimum Gasteiger partial charge on any atom is -0.330 e. The third-order valence-electron chi connectivity index (χ3n) is 5.73. The molecule has 1 aromatic rings. The number of nitrogens with zero attached hydrogens (tertiary/aromatic N) is 1. The Morgan fingerprint density at radius 1 is 1.10 bits per heavy atom. The van der Waals surface area contributed by atoms with E-state index in [1.165, 1.54) is 49.9 Å². The summed E-state index contributed by atoms with van der Waals surface area (Å²) in [4.78, 5) is 2.62. The van der Waals surface area contributed by atoms with Gasteiger partial charge in [-0.05, 0) is 54.9 Å². The number of likely N-dealkylation sites (tertiary alicyclic amines) is 1. The molecule has 0 radical (unpaired) electrons. The van der Waals surface area contributed by atoms with Crippen LogP contribution in [0.15, 0.2) is 24.3 Å². The lowest BCUT2D eigenvalue weighted by molar-refractivity contribution is 0.0909. The normalized spacial score (nSPS) is 20.4. The van der Waals surface area contributed by atoms with Crippen LogP contribution in [0.1, 0.15) is 63.5 Å². The maximum Gasteiger partial charge on any atom is 0.0233 e. The van der Waals surface area contributed by atoms with Crippen LogP contribution in [-0.2, 0) is 6.54 Å². The molecule has 0 aliphatic carbocycles. The van der Waals surface area contributed by atoms with Gasteiger partial charge in [-0.25, -0.2) is 0 Å². The molecule has 1 atom stereocenters. The van der Waals surface area contributed by atoms with Gasteiger partial charge in [0.25, 0.3) is 0 Å². The summed E-state index contributed by atoms with van der Waals surface area (Å²) in [7, 11) is 0. The Kier molecular flexibility index (Phi) is 5.83. The molecule has 1 aromatic carbocycles. The van der Waals surface area contributed by atoms with E-state index in [4.69, 9.17) is 5.73 Å². The number of piperidine rings is 1. The molecule has 0 saturated carbocycles. The standard InChI is InChI=1S/C19H32N2/c1-4-19(5-2)10-12-21(13-11-19)15-17-6-8-18(9-7-17)16(3)14-20/h6-9,16H,4-5,10-15,20H2,1-3H3. The van der Waals surface area contributed by atoms with E-state index in [9.17, 15) is 0 Å². The van der Waals surface area contributed by atoms with Crippen molar-refractivity contribution in [3.05, 3.63) is 35.4 Å². The highest BCUT2D eigenvalue weighted by atomic mass is 15.1. The summed E-state index contributed by atoms with van der Waals surface area (Å²) >= 11 is 0. The first kappa shape index (κ1) is 16.5. The lowest BCUT2D eigenvalue weighted by Crippen LogP contribution is -2.39. The van der Waals surface area contributed by atoms with Crippen molar-refractivity contribution in [3.8, 4) is 0 Å². The van der Waals surface area contributed by atoms with Gasteiger partial charge in [-0.15, -0.1) is 0 Å². The van der Waals surface area contributed by atoms with Crippen LogP contribution in [0.5, 0.6) is 0 Å². The molecule has 1 fully saturated rings. The number of benzene rings is 1. The van der Waals surface area contributed by atoms with Crippen LogP contribution in [-0.4, -0.2) is 24.5 Å².